The predicted octanol–water partition coefficient (Wildman–Crippen LogP) is 6.27. The van der Waals surface area contributed by atoms with Crippen LogP contribution in [0.2, 0.25) is 5.15 Å². The molecule has 2 heterocycles. The maximum atomic E-state index is 14.0. The molecule has 0 spiro atoms. The van der Waals surface area contributed by atoms with Crippen molar-refractivity contribution in [1.82, 2.24) is 9.55 Å². The Morgan fingerprint density at radius 1 is 1.04 bits per heavy atom. The molecular weight excluding hydrogens is 356 g/mol. The van der Waals surface area contributed by atoms with Gasteiger partial charge in [0, 0.05) is 22.7 Å². The molecule has 1 aromatic carbocycles. The van der Waals surface area contributed by atoms with E-state index in [4.69, 9.17) is 11.6 Å². The standard InChI is InChI=1S/C18H15ClF4N2/c1-17(2,3)25-9-12(11-5-7-15(19)24-16(11)25)10-4-6-13(14(20)8-10)18(21,22)23/h4-9H,1-3H3. The van der Waals surface area contributed by atoms with Crippen LogP contribution >= 0.6 is 11.6 Å². The second-order valence-electron chi connectivity index (χ2n) is 6.78. The van der Waals surface area contributed by atoms with E-state index in [9.17, 15) is 17.6 Å². The lowest BCUT2D eigenvalue weighted by Crippen LogP contribution is -2.20. The fourth-order valence-electron chi connectivity index (χ4n) is 2.73. The molecule has 2 aromatic heterocycles. The van der Waals surface area contributed by atoms with Gasteiger partial charge in [-0.3, -0.25) is 0 Å². The number of alkyl halides is 3. The zero-order chi connectivity index (χ0) is 18.6. The molecular formula is C18H15ClF4N2. The Labute approximate surface area is 147 Å². The highest BCUT2D eigenvalue weighted by molar-refractivity contribution is 6.29. The molecule has 0 bridgehead atoms. The van der Waals surface area contributed by atoms with Crippen molar-refractivity contribution in [2.24, 2.45) is 0 Å². The third-order valence-corrected chi connectivity index (χ3v) is 4.14. The lowest BCUT2D eigenvalue weighted by atomic mass is 10.0. The average molecular weight is 371 g/mol. The van der Waals surface area contributed by atoms with Crippen LogP contribution < -0.4 is 0 Å². The molecule has 0 saturated carbocycles. The molecule has 132 valence electrons. The van der Waals surface area contributed by atoms with Crippen LogP contribution in [0.5, 0.6) is 0 Å². The quantitative estimate of drug-likeness (QED) is 0.364. The number of hydrogen-bond acceptors (Lipinski definition) is 1. The maximum absolute atomic E-state index is 14.0. The van der Waals surface area contributed by atoms with Crippen molar-refractivity contribution >= 4 is 22.6 Å². The van der Waals surface area contributed by atoms with E-state index in [1.807, 2.05) is 25.3 Å². The first-order valence-electron chi connectivity index (χ1n) is 7.53. The molecule has 0 radical (unpaired) electrons. The summed E-state index contributed by atoms with van der Waals surface area (Å²) in [6.45, 7) is 5.89. The first kappa shape index (κ1) is 17.7. The third-order valence-electron chi connectivity index (χ3n) is 3.93. The Kier molecular flexibility index (Phi) is 4.06. The minimum atomic E-state index is -4.73. The van der Waals surface area contributed by atoms with Gasteiger partial charge in [-0.2, -0.15) is 13.2 Å². The van der Waals surface area contributed by atoms with Crippen LogP contribution in [0.4, 0.5) is 17.6 Å². The van der Waals surface area contributed by atoms with E-state index in [2.05, 4.69) is 4.98 Å². The monoisotopic (exact) mass is 370 g/mol. The van der Waals surface area contributed by atoms with Crippen molar-refractivity contribution in [2.75, 3.05) is 0 Å². The molecule has 0 saturated heterocycles. The van der Waals surface area contributed by atoms with Crippen LogP contribution in [-0.4, -0.2) is 9.55 Å². The summed E-state index contributed by atoms with van der Waals surface area (Å²) < 4.78 is 54.2. The van der Waals surface area contributed by atoms with Gasteiger partial charge in [-0.05, 0) is 50.6 Å². The Hall–Kier alpha value is -2.08. The van der Waals surface area contributed by atoms with Crippen molar-refractivity contribution < 1.29 is 17.6 Å². The molecule has 0 fully saturated rings. The van der Waals surface area contributed by atoms with Gasteiger partial charge in [-0.1, -0.05) is 17.7 Å². The highest BCUT2D eigenvalue weighted by Gasteiger charge is 2.34. The SMILES string of the molecule is CC(C)(C)n1cc(-c2ccc(C(F)(F)F)c(F)c2)c2ccc(Cl)nc21. The average Bonchev–Trinajstić information content (AvgIpc) is 2.84. The molecule has 0 atom stereocenters. The predicted molar refractivity (Wildman–Crippen MR) is 90.1 cm³/mol. The number of halogens is 5. The summed E-state index contributed by atoms with van der Waals surface area (Å²) in [6, 6.07) is 6.26. The molecule has 0 N–H and O–H groups in total. The summed E-state index contributed by atoms with van der Waals surface area (Å²) in [5.41, 5.74) is -0.0739. The first-order chi connectivity index (χ1) is 11.5. The number of rotatable bonds is 1. The van der Waals surface area contributed by atoms with E-state index in [1.54, 1.807) is 18.3 Å². The van der Waals surface area contributed by atoms with Gasteiger partial charge in [-0.15, -0.1) is 0 Å². The smallest absolute Gasteiger partial charge is 0.327 e. The molecule has 25 heavy (non-hydrogen) atoms. The van der Waals surface area contributed by atoms with Gasteiger partial charge in [0.05, 0.1) is 5.56 Å². The fourth-order valence-corrected chi connectivity index (χ4v) is 2.88. The van der Waals surface area contributed by atoms with Crippen LogP contribution in [0.1, 0.15) is 26.3 Å². The van der Waals surface area contributed by atoms with Crippen molar-refractivity contribution in [3.8, 4) is 11.1 Å². The summed E-state index contributed by atoms with van der Waals surface area (Å²) in [5, 5.41) is 1.000. The summed E-state index contributed by atoms with van der Waals surface area (Å²) in [6.07, 6.45) is -2.97. The summed E-state index contributed by atoms with van der Waals surface area (Å²) in [7, 11) is 0. The number of pyridine rings is 1. The van der Waals surface area contributed by atoms with Gasteiger partial charge in [0.15, 0.2) is 0 Å². The van der Waals surface area contributed by atoms with Crippen LogP contribution in [0.15, 0.2) is 36.5 Å². The molecule has 3 aromatic rings. The van der Waals surface area contributed by atoms with Crippen molar-refractivity contribution in [3.63, 3.8) is 0 Å². The lowest BCUT2D eigenvalue weighted by molar-refractivity contribution is -0.139. The van der Waals surface area contributed by atoms with E-state index in [-0.39, 0.29) is 5.54 Å². The molecule has 7 heteroatoms. The van der Waals surface area contributed by atoms with Crippen molar-refractivity contribution in [3.05, 3.63) is 53.1 Å². The van der Waals surface area contributed by atoms with Gasteiger partial charge in [0.1, 0.15) is 16.6 Å². The molecule has 0 amide bonds. The molecule has 0 aliphatic carbocycles. The minimum absolute atomic E-state index is 0.307. The minimum Gasteiger partial charge on any atom is -0.327 e. The van der Waals surface area contributed by atoms with E-state index in [0.29, 0.717) is 27.3 Å². The van der Waals surface area contributed by atoms with Crippen molar-refractivity contribution in [1.29, 1.82) is 0 Å². The van der Waals surface area contributed by atoms with Gasteiger partial charge in [0.25, 0.3) is 0 Å². The first-order valence-corrected chi connectivity index (χ1v) is 7.91. The number of aromatic nitrogens is 2. The number of nitrogens with zero attached hydrogens (tertiary/aromatic N) is 2. The van der Waals surface area contributed by atoms with E-state index >= 15 is 0 Å². The van der Waals surface area contributed by atoms with E-state index in [1.165, 1.54) is 6.07 Å². The van der Waals surface area contributed by atoms with Crippen LogP contribution in [-0.2, 0) is 11.7 Å². The Morgan fingerprint density at radius 3 is 2.28 bits per heavy atom. The summed E-state index contributed by atoms with van der Waals surface area (Å²) >= 11 is 5.98. The van der Waals surface area contributed by atoms with E-state index in [0.717, 1.165) is 12.1 Å². The maximum Gasteiger partial charge on any atom is 0.419 e. The Balaban J connectivity index is 2.25. The number of benzene rings is 1. The lowest BCUT2D eigenvalue weighted by Gasteiger charge is -2.21. The van der Waals surface area contributed by atoms with E-state index < -0.39 is 17.6 Å². The second kappa shape index (κ2) is 5.73. The van der Waals surface area contributed by atoms with Crippen LogP contribution in [0.3, 0.4) is 0 Å². The number of hydrogen-bond donors (Lipinski definition) is 0. The Bertz CT molecular complexity index is 952. The van der Waals surface area contributed by atoms with Crippen LogP contribution in [0.25, 0.3) is 22.2 Å². The third kappa shape index (κ3) is 3.23. The van der Waals surface area contributed by atoms with Gasteiger partial charge < -0.3 is 4.57 Å². The normalized spacial score (nSPS) is 12.8. The Morgan fingerprint density at radius 2 is 1.72 bits per heavy atom. The highest BCUT2D eigenvalue weighted by atomic mass is 35.5. The fraction of sp³-hybridized carbons (Fsp3) is 0.278. The molecule has 0 aliphatic rings. The topological polar surface area (TPSA) is 17.8 Å². The number of fused-ring (bicyclic) bond motifs is 1. The van der Waals surface area contributed by atoms with Crippen molar-refractivity contribution in [2.45, 2.75) is 32.5 Å². The second-order valence-corrected chi connectivity index (χ2v) is 7.17. The van der Waals surface area contributed by atoms with Gasteiger partial charge >= 0.3 is 6.18 Å². The van der Waals surface area contributed by atoms with Gasteiger partial charge in [0.2, 0.25) is 0 Å². The highest BCUT2D eigenvalue weighted by Crippen LogP contribution is 2.37. The zero-order valence-electron chi connectivity index (χ0n) is 13.7. The molecule has 0 unspecified atom stereocenters. The van der Waals surface area contributed by atoms with Gasteiger partial charge in [-0.25, -0.2) is 9.37 Å². The summed E-state index contributed by atoms with van der Waals surface area (Å²) in [5.74, 6) is -1.30. The van der Waals surface area contributed by atoms with Crippen LogP contribution in [0, 0.1) is 5.82 Å². The molecule has 0 aliphatic heterocycles. The summed E-state index contributed by atoms with van der Waals surface area (Å²) in [4.78, 5) is 4.32. The zero-order valence-corrected chi connectivity index (χ0v) is 14.5. The molecule has 3 rings (SSSR count). The molecule has 2 nitrogen and oxygen atoms in total. The largest absolute Gasteiger partial charge is 0.419 e.